The van der Waals surface area contributed by atoms with Crippen LogP contribution in [-0.4, -0.2) is 30.9 Å². The molecule has 0 radical (unpaired) electrons. The van der Waals surface area contributed by atoms with E-state index in [-0.39, 0.29) is 0 Å². The number of aromatic nitrogens is 5. The van der Waals surface area contributed by atoms with Crippen LogP contribution in [0.4, 0.5) is 5.82 Å². The van der Waals surface area contributed by atoms with Gasteiger partial charge in [0.1, 0.15) is 0 Å². The van der Waals surface area contributed by atoms with Gasteiger partial charge in [-0.15, -0.1) is 0 Å². The second-order valence-corrected chi connectivity index (χ2v) is 9.03. The standard InChI is InChI=1S/C28H32N6/c1-4-8-20-13-22(15-29-14-20)25-18-34-26(19(3)5-2)17-32-28(34)27(33-25)30-12-11-21-16-31-24-10-7-6-9-23(21)24/h6-7,9-10,13-19,31H,4-5,8,11-12H2,1-3H3,(H,30,33). The number of imidazole rings is 1. The van der Waals surface area contributed by atoms with Gasteiger partial charge in [0, 0.05) is 59.7 Å². The molecule has 1 unspecified atom stereocenters. The van der Waals surface area contributed by atoms with Crippen LogP contribution in [0, 0.1) is 0 Å². The molecule has 0 amide bonds. The molecule has 6 heteroatoms. The highest BCUT2D eigenvalue weighted by molar-refractivity contribution is 5.83. The van der Waals surface area contributed by atoms with Crippen molar-refractivity contribution in [1.82, 2.24) is 24.3 Å². The van der Waals surface area contributed by atoms with Gasteiger partial charge in [-0.1, -0.05) is 45.4 Å². The normalized spacial score (nSPS) is 12.4. The Labute approximate surface area is 200 Å². The number of hydrogen-bond donors (Lipinski definition) is 2. The largest absolute Gasteiger partial charge is 0.367 e. The first kappa shape index (κ1) is 22.1. The van der Waals surface area contributed by atoms with E-state index >= 15 is 0 Å². The Hall–Kier alpha value is -3.67. The summed E-state index contributed by atoms with van der Waals surface area (Å²) in [4.78, 5) is 17.6. The van der Waals surface area contributed by atoms with Crippen LogP contribution in [0.5, 0.6) is 0 Å². The minimum Gasteiger partial charge on any atom is -0.367 e. The van der Waals surface area contributed by atoms with E-state index in [2.05, 4.69) is 83.2 Å². The van der Waals surface area contributed by atoms with E-state index in [1.54, 1.807) is 0 Å². The molecule has 34 heavy (non-hydrogen) atoms. The molecule has 0 saturated carbocycles. The number of pyridine rings is 1. The van der Waals surface area contributed by atoms with Gasteiger partial charge in [0.05, 0.1) is 5.69 Å². The first-order valence-corrected chi connectivity index (χ1v) is 12.3. The second-order valence-electron chi connectivity index (χ2n) is 9.03. The number of aryl methyl sites for hydroxylation is 1. The Morgan fingerprint density at radius 2 is 1.97 bits per heavy atom. The summed E-state index contributed by atoms with van der Waals surface area (Å²) in [7, 11) is 0. The molecule has 5 aromatic rings. The van der Waals surface area contributed by atoms with Crippen molar-refractivity contribution in [2.45, 2.75) is 52.4 Å². The average Bonchev–Trinajstić information content (AvgIpc) is 3.48. The summed E-state index contributed by atoms with van der Waals surface area (Å²) in [6.45, 7) is 7.42. The molecule has 0 saturated heterocycles. The Balaban J connectivity index is 1.49. The minimum absolute atomic E-state index is 0.411. The maximum atomic E-state index is 5.01. The molecule has 0 aliphatic carbocycles. The summed E-state index contributed by atoms with van der Waals surface area (Å²) in [6.07, 6.45) is 14.1. The van der Waals surface area contributed by atoms with Gasteiger partial charge in [-0.25, -0.2) is 9.97 Å². The summed E-state index contributed by atoms with van der Waals surface area (Å²) in [5, 5.41) is 4.86. The minimum atomic E-state index is 0.411. The highest BCUT2D eigenvalue weighted by atomic mass is 15.1. The fraction of sp³-hybridized carbons (Fsp3) is 0.321. The molecule has 4 aromatic heterocycles. The number of aromatic amines is 1. The van der Waals surface area contributed by atoms with Crippen molar-refractivity contribution in [3.63, 3.8) is 0 Å². The number of anilines is 1. The molecule has 174 valence electrons. The van der Waals surface area contributed by atoms with Crippen molar-refractivity contribution in [2.75, 3.05) is 11.9 Å². The number of para-hydroxylation sites is 1. The van der Waals surface area contributed by atoms with Gasteiger partial charge in [0.2, 0.25) is 0 Å². The van der Waals surface area contributed by atoms with Crippen molar-refractivity contribution in [2.24, 2.45) is 0 Å². The number of rotatable bonds is 9. The number of H-pyrrole nitrogens is 1. The molecule has 2 N–H and O–H groups in total. The maximum absolute atomic E-state index is 5.01. The van der Waals surface area contributed by atoms with Gasteiger partial charge in [-0.3, -0.25) is 9.38 Å². The smallest absolute Gasteiger partial charge is 0.180 e. The van der Waals surface area contributed by atoms with Gasteiger partial charge < -0.3 is 10.3 Å². The second kappa shape index (κ2) is 9.67. The van der Waals surface area contributed by atoms with E-state index in [4.69, 9.17) is 9.97 Å². The van der Waals surface area contributed by atoms with E-state index < -0.39 is 0 Å². The zero-order valence-corrected chi connectivity index (χ0v) is 20.2. The third-order valence-corrected chi connectivity index (χ3v) is 6.63. The number of hydrogen-bond acceptors (Lipinski definition) is 4. The van der Waals surface area contributed by atoms with Gasteiger partial charge in [0.15, 0.2) is 11.5 Å². The SMILES string of the molecule is CCCc1cncc(-c2cn3c(C(C)CC)cnc3c(NCCc3c[nH]c4ccccc34)n2)c1. The number of benzene rings is 1. The van der Waals surface area contributed by atoms with E-state index in [0.29, 0.717) is 5.92 Å². The topological polar surface area (TPSA) is 70.9 Å². The molecule has 1 atom stereocenters. The molecule has 1 aromatic carbocycles. The first-order chi connectivity index (χ1) is 16.7. The van der Waals surface area contributed by atoms with E-state index in [9.17, 15) is 0 Å². The summed E-state index contributed by atoms with van der Waals surface area (Å²) < 4.78 is 2.21. The summed E-state index contributed by atoms with van der Waals surface area (Å²) in [5.74, 6) is 1.22. The molecule has 0 aliphatic rings. The van der Waals surface area contributed by atoms with Crippen LogP contribution in [0.25, 0.3) is 27.8 Å². The monoisotopic (exact) mass is 452 g/mol. The Morgan fingerprint density at radius 1 is 1.09 bits per heavy atom. The number of nitrogens with zero attached hydrogens (tertiary/aromatic N) is 4. The molecule has 6 nitrogen and oxygen atoms in total. The van der Waals surface area contributed by atoms with Gasteiger partial charge in [-0.2, -0.15) is 0 Å². The van der Waals surface area contributed by atoms with Gasteiger partial charge >= 0.3 is 0 Å². The molecule has 5 rings (SSSR count). The first-order valence-electron chi connectivity index (χ1n) is 12.3. The fourth-order valence-electron chi connectivity index (χ4n) is 4.55. The summed E-state index contributed by atoms with van der Waals surface area (Å²) >= 11 is 0. The van der Waals surface area contributed by atoms with Crippen LogP contribution in [0.15, 0.2) is 61.3 Å². The molecular formula is C28H32N6. The Kier molecular flexibility index (Phi) is 6.30. The van der Waals surface area contributed by atoms with Crippen LogP contribution < -0.4 is 5.32 Å². The van der Waals surface area contributed by atoms with Gasteiger partial charge in [0.25, 0.3) is 0 Å². The fourth-order valence-corrected chi connectivity index (χ4v) is 4.55. The van der Waals surface area contributed by atoms with Gasteiger partial charge in [-0.05, 0) is 48.4 Å². The van der Waals surface area contributed by atoms with E-state index in [1.165, 1.54) is 27.7 Å². The molecule has 0 spiro atoms. The zero-order chi connectivity index (χ0) is 23.5. The van der Waals surface area contributed by atoms with Crippen molar-refractivity contribution >= 4 is 22.4 Å². The summed E-state index contributed by atoms with van der Waals surface area (Å²) in [6, 6.07) is 10.6. The lowest BCUT2D eigenvalue weighted by molar-refractivity contribution is 0.700. The van der Waals surface area contributed by atoms with Crippen LogP contribution in [0.3, 0.4) is 0 Å². The highest BCUT2D eigenvalue weighted by Crippen LogP contribution is 2.27. The van der Waals surface area contributed by atoms with Crippen molar-refractivity contribution in [3.8, 4) is 11.3 Å². The van der Waals surface area contributed by atoms with Crippen LogP contribution >= 0.6 is 0 Å². The van der Waals surface area contributed by atoms with Crippen molar-refractivity contribution < 1.29 is 0 Å². The van der Waals surface area contributed by atoms with Crippen LogP contribution in [0.2, 0.25) is 0 Å². The predicted molar refractivity (Wildman–Crippen MR) is 139 cm³/mol. The summed E-state index contributed by atoms with van der Waals surface area (Å²) in [5.41, 5.74) is 7.74. The van der Waals surface area contributed by atoms with E-state index in [1.807, 2.05) is 18.6 Å². The van der Waals surface area contributed by atoms with Crippen LogP contribution in [0.1, 0.15) is 56.4 Å². The Bertz CT molecular complexity index is 1410. The Morgan fingerprint density at radius 3 is 2.82 bits per heavy atom. The lowest BCUT2D eigenvalue weighted by Gasteiger charge is -2.13. The molecule has 0 fully saturated rings. The third-order valence-electron chi connectivity index (χ3n) is 6.63. The maximum Gasteiger partial charge on any atom is 0.180 e. The number of fused-ring (bicyclic) bond motifs is 2. The quantitative estimate of drug-likeness (QED) is 0.272. The van der Waals surface area contributed by atoms with Crippen molar-refractivity contribution in [1.29, 1.82) is 0 Å². The molecule has 4 heterocycles. The average molecular weight is 453 g/mol. The highest BCUT2D eigenvalue weighted by Gasteiger charge is 2.16. The molecule has 0 aliphatic heterocycles. The molecular weight excluding hydrogens is 420 g/mol. The molecule has 0 bridgehead atoms. The third kappa shape index (κ3) is 4.28. The number of nitrogens with one attached hydrogen (secondary N) is 2. The van der Waals surface area contributed by atoms with Crippen molar-refractivity contribution in [3.05, 3.63) is 78.1 Å². The van der Waals surface area contributed by atoms with Crippen LogP contribution in [-0.2, 0) is 12.8 Å². The van der Waals surface area contributed by atoms with E-state index in [0.717, 1.165) is 55.0 Å². The lowest BCUT2D eigenvalue weighted by atomic mass is 10.1. The predicted octanol–water partition coefficient (Wildman–Crippen LogP) is 6.39. The lowest BCUT2D eigenvalue weighted by Crippen LogP contribution is -2.09. The zero-order valence-electron chi connectivity index (χ0n) is 20.2.